The summed E-state index contributed by atoms with van der Waals surface area (Å²) in [5.74, 6) is -0.979. The monoisotopic (exact) mass is 409 g/mol. The number of alkyl carbamates (subject to hydrolysis) is 1. The second-order valence-electron chi connectivity index (χ2n) is 7.41. The molecule has 5 atom stereocenters. The van der Waals surface area contributed by atoms with Crippen molar-refractivity contribution in [1.82, 2.24) is 5.32 Å². The number of hydrogen-bond donors (Lipinski definition) is 3. The minimum Gasteiger partial charge on any atom is -0.481 e. The summed E-state index contributed by atoms with van der Waals surface area (Å²) < 4.78 is 16.8. The van der Waals surface area contributed by atoms with Crippen molar-refractivity contribution in [3.05, 3.63) is 35.9 Å². The Morgan fingerprint density at radius 3 is 2.55 bits per heavy atom. The molecule has 0 bridgehead atoms. The van der Waals surface area contributed by atoms with Gasteiger partial charge in [-0.15, -0.1) is 0 Å². The summed E-state index contributed by atoms with van der Waals surface area (Å²) in [6.45, 7) is 4.47. The van der Waals surface area contributed by atoms with E-state index in [1.165, 1.54) is 0 Å². The van der Waals surface area contributed by atoms with Crippen LogP contribution >= 0.6 is 0 Å². The number of carboxylic acids is 1. The van der Waals surface area contributed by atoms with Crippen LogP contribution in [0.4, 0.5) is 4.79 Å². The molecule has 3 N–H and O–H groups in total. The van der Waals surface area contributed by atoms with E-state index in [1.807, 2.05) is 44.2 Å². The molecule has 2 rings (SSSR count). The van der Waals surface area contributed by atoms with Crippen LogP contribution in [0.25, 0.3) is 0 Å². The molecule has 0 aromatic heterocycles. The molecule has 1 aromatic carbocycles. The molecule has 8 nitrogen and oxygen atoms in total. The molecule has 162 valence electrons. The molecule has 1 aliphatic rings. The zero-order valence-electron chi connectivity index (χ0n) is 17.0. The standard InChI is InChI=1S/C21H31NO7/c1-14-15(2)20(27-11-7-6-10-18(23)24)29-17(19(14)25)13-28-21(26)22-12-16-8-4-3-5-9-16/h3-5,8-9,14-15,17,19-20,25H,6-7,10-13H2,1-2H3,(H,22,26)(H,23,24). The van der Waals surface area contributed by atoms with Crippen molar-refractivity contribution in [2.75, 3.05) is 13.2 Å². The first-order valence-corrected chi connectivity index (χ1v) is 10.00. The quantitative estimate of drug-likeness (QED) is 0.509. The van der Waals surface area contributed by atoms with Gasteiger partial charge in [-0.2, -0.15) is 0 Å². The van der Waals surface area contributed by atoms with Gasteiger partial charge in [-0.1, -0.05) is 44.2 Å². The third kappa shape index (κ3) is 7.64. The van der Waals surface area contributed by atoms with Crippen molar-refractivity contribution in [3.63, 3.8) is 0 Å². The fourth-order valence-corrected chi connectivity index (χ4v) is 3.16. The minimum atomic E-state index is -0.827. The Labute approximate surface area is 171 Å². The number of amides is 1. The number of carbonyl (C=O) groups is 2. The summed E-state index contributed by atoms with van der Waals surface area (Å²) in [6.07, 6.45) is -1.34. The maximum atomic E-state index is 11.9. The SMILES string of the molecule is CC1C(OCCCCC(=O)O)OC(COC(=O)NCc2ccccc2)C(O)C1C. The van der Waals surface area contributed by atoms with Crippen LogP contribution in [0.2, 0.25) is 0 Å². The Kier molecular flexibility index (Phi) is 9.37. The largest absolute Gasteiger partial charge is 0.481 e. The molecule has 1 fully saturated rings. The van der Waals surface area contributed by atoms with E-state index in [1.54, 1.807) is 0 Å². The van der Waals surface area contributed by atoms with Gasteiger partial charge in [0.1, 0.15) is 12.7 Å². The van der Waals surface area contributed by atoms with Crippen LogP contribution in [-0.2, 0) is 25.5 Å². The highest BCUT2D eigenvalue weighted by molar-refractivity contribution is 5.67. The maximum absolute atomic E-state index is 11.9. The molecule has 1 amide bonds. The van der Waals surface area contributed by atoms with Gasteiger partial charge >= 0.3 is 12.1 Å². The normalized spacial score (nSPS) is 26.7. The summed E-state index contributed by atoms with van der Waals surface area (Å²) in [5, 5.41) is 21.8. The fraction of sp³-hybridized carbons (Fsp3) is 0.619. The lowest BCUT2D eigenvalue weighted by molar-refractivity contribution is -0.268. The second-order valence-corrected chi connectivity index (χ2v) is 7.41. The highest BCUT2D eigenvalue weighted by Gasteiger charge is 2.41. The molecular formula is C21H31NO7. The Balaban J connectivity index is 1.76. The molecule has 0 aliphatic carbocycles. The molecule has 1 heterocycles. The van der Waals surface area contributed by atoms with Gasteiger partial charge < -0.3 is 29.7 Å². The van der Waals surface area contributed by atoms with Crippen LogP contribution in [-0.4, -0.2) is 54.0 Å². The number of carboxylic acid groups (broad SMARTS) is 1. The molecule has 1 aliphatic heterocycles. The van der Waals surface area contributed by atoms with Crippen LogP contribution in [0.5, 0.6) is 0 Å². The molecule has 0 saturated carbocycles. The van der Waals surface area contributed by atoms with Crippen LogP contribution in [0.15, 0.2) is 30.3 Å². The Morgan fingerprint density at radius 2 is 1.86 bits per heavy atom. The fourth-order valence-electron chi connectivity index (χ4n) is 3.16. The Hall–Kier alpha value is -2.16. The van der Waals surface area contributed by atoms with Crippen molar-refractivity contribution >= 4 is 12.1 Å². The zero-order valence-corrected chi connectivity index (χ0v) is 17.0. The van der Waals surface area contributed by atoms with Gasteiger partial charge in [0.15, 0.2) is 6.29 Å². The summed E-state index contributed by atoms with van der Waals surface area (Å²) in [7, 11) is 0. The van der Waals surface area contributed by atoms with E-state index in [0.29, 0.717) is 26.0 Å². The number of ether oxygens (including phenoxy) is 3. The number of benzene rings is 1. The minimum absolute atomic E-state index is 0.0485. The number of aliphatic hydroxyl groups excluding tert-OH is 1. The van der Waals surface area contributed by atoms with Crippen molar-refractivity contribution in [1.29, 1.82) is 0 Å². The molecular weight excluding hydrogens is 378 g/mol. The molecule has 29 heavy (non-hydrogen) atoms. The predicted molar refractivity (Wildman–Crippen MR) is 105 cm³/mol. The highest BCUT2D eigenvalue weighted by Crippen LogP contribution is 2.31. The van der Waals surface area contributed by atoms with Gasteiger partial charge in [0.25, 0.3) is 0 Å². The second kappa shape index (κ2) is 11.7. The van der Waals surface area contributed by atoms with E-state index in [9.17, 15) is 14.7 Å². The van der Waals surface area contributed by atoms with E-state index in [-0.39, 0.29) is 24.9 Å². The number of rotatable bonds is 10. The first kappa shape index (κ1) is 23.1. The number of hydrogen-bond acceptors (Lipinski definition) is 6. The van der Waals surface area contributed by atoms with E-state index < -0.39 is 30.6 Å². The number of nitrogens with one attached hydrogen (secondary N) is 1. The van der Waals surface area contributed by atoms with Crippen LogP contribution in [0.3, 0.4) is 0 Å². The Morgan fingerprint density at radius 1 is 1.14 bits per heavy atom. The summed E-state index contributed by atoms with van der Waals surface area (Å²) in [5.41, 5.74) is 0.956. The lowest BCUT2D eigenvalue weighted by atomic mass is 9.85. The van der Waals surface area contributed by atoms with E-state index >= 15 is 0 Å². The summed E-state index contributed by atoms with van der Waals surface area (Å²) in [6, 6.07) is 9.47. The summed E-state index contributed by atoms with van der Waals surface area (Å²) in [4.78, 5) is 22.5. The van der Waals surface area contributed by atoms with Crippen molar-refractivity contribution in [3.8, 4) is 0 Å². The molecule has 5 unspecified atom stereocenters. The smallest absolute Gasteiger partial charge is 0.407 e. The van der Waals surface area contributed by atoms with Crippen molar-refractivity contribution < 1.29 is 34.0 Å². The molecule has 1 aromatic rings. The van der Waals surface area contributed by atoms with E-state index in [0.717, 1.165) is 5.56 Å². The predicted octanol–water partition coefficient (Wildman–Crippen LogP) is 2.54. The maximum Gasteiger partial charge on any atom is 0.407 e. The lowest BCUT2D eigenvalue weighted by Crippen LogP contribution is -2.52. The number of unbranched alkanes of at least 4 members (excludes halogenated alkanes) is 1. The van der Waals surface area contributed by atoms with Crippen molar-refractivity contribution in [2.24, 2.45) is 11.8 Å². The van der Waals surface area contributed by atoms with Gasteiger partial charge in [0.05, 0.1) is 6.10 Å². The van der Waals surface area contributed by atoms with E-state index in [2.05, 4.69) is 5.32 Å². The number of aliphatic hydroxyl groups is 1. The zero-order chi connectivity index (χ0) is 21.2. The summed E-state index contributed by atoms with van der Waals surface area (Å²) >= 11 is 0. The first-order valence-electron chi connectivity index (χ1n) is 10.00. The third-order valence-electron chi connectivity index (χ3n) is 5.21. The highest BCUT2D eigenvalue weighted by atomic mass is 16.7. The molecule has 0 spiro atoms. The Bertz CT molecular complexity index is 639. The van der Waals surface area contributed by atoms with Crippen LogP contribution < -0.4 is 5.32 Å². The van der Waals surface area contributed by atoms with Crippen molar-refractivity contribution in [2.45, 2.75) is 58.2 Å². The van der Waals surface area contributed by atoms with Gasteiger partial charge in [0.2, 0.25) is 0 Å². The average Bonchev–Trinajstić information content (AvgIpc) is 2.71. The van der Waals surface area contributed by atoms with Gasteiger partial charge in [-0.3, -0.25) is 4.79 Å². The molecule has 1 saturated heterocycles. The topological polar surface area (TPSA) is 114 Å². The number of aliphatic carboxylic acids is 1. The van der Waals surface area contributed by atoms with Gasteiger partial charge in [-0.25, -0.2) is 4.79 Å². The molecule has 8 heteroatoms. The number of carbonyl (C=O) groups excluding carboxylic acids is 1. The average molecular weight is 409 g/mol. The first-order chi connectivity index (χ1) is 13.9. The lowest BCUT2D eigenvalue weighted by Gasteiger charge is -2.42. The van der Waals surface area contributed by atoms with E-state index in [4.69, 9.17) is 19.3 Å². The third-order valence-corrected chi connectivity index (χ3v) is 5.21. The van der Waals surface area contributed by atoms with Crippen LogP contribution in [0, 0.1) is 11.8 Å². The van der Waals surface area contributed by atoms with Gasteiger partial charge in [-0.05, 0) is 24.3 Å². The van der Waals surface area contributed by atoms with Crippen LogP contribution in [0.1, 0.15) is 38.7 Å². The van der Waals surface area contributed by atoms with Gasteiger partial charge in [0, 0.05) is 25.5 Å². The molecule has 0 radical (unpaired) electrons.